The second-order valence-electron chi connectivity index (χ2n) is 4.54. The monoisotopic (exact) mass is 283 g/mol. The van der Waals surface area contributed by atoms with Crippen LogP contribution in [-0.4, -0.2) is 33.7 Å². The van der Waals surface area contributed by atoms with Crippen LogP contribution in [0.15, 0.2) is 24.3 Å². The zero-order valence-electron chi connectivity index (χ0n) is 10.1. The minimum Gasteiger partial charge on any atom is -0.481 e. The molecule has 2 unspecified atom stereocenters. The van der Waals surface area contributed by atoms with E-state index in [1.54, 1.807) is 6.07 Å². The minimum absolute atomic E-state index is 0.129. The van der Waals surface area contributed by atoms with Gasteiger partial charge in [-0.15, -0.1) is 0 Å². The molecule has 1 fully saturated rings. The smallest absolute Gasteiger partial charge is 0.305 e. The Kier molecular flexibility index (Phi) is 4.09. The summed E-state index contributed by atoms with van der Waals surface area (Å²) in [6.07, 6.45) is -0.0547. The van der Waals surface area contributed by atoms with Crippen molar-refractivity contribution in [3.8, 4) is 0 Å². The fourth-order valence-electron chi connectivity index (χ4n) is 2.31. The average Bonchev–Trinajstić information content (AvgIpc) is 2.66. The maximum atomic E-state index is 13.8. The molecule has 1 aliphatic rings. The van der Waals surface area contributed by atoms with E-state index in [1.807, 2.05) is 0 Å². The highest BCUT2D eigenvalue weighted by atomic mass is 32.1. The predicted molar refractivity (Wildman–Crippen MR) is 70.5 cm³/mol. The van der Waals surface area contributed by atoms with Crippen molar-refractivity contribution in [2.75, 3.05) is 6.54 Å². The number of amides is 1. The molecular formula is C13H14FNO3S. The molecule has 0 radical (unpaired) electrons. The van der Waals surface area contributed by atoms with Crippen LogP contribution in [-0.2, 0) is 9.59 Å². The summed E-state index contributed by atoms with van der Waals surface area (Å²) in [6, 6.07) is 5.17. The summed E-state index contributed by atoms with van der Waals surface area (Å²) in [5, 5.41) is 8.84. The lowest BCUT2D eigenvalue weighted by molar-refractivity contribution is -0.139. The van der Waals surface area contributed by atoms with E-state index < -0.39 is 17.8 Å². The first-order chi connectivity index (χ1) is 8.99. The summed E-state index contributed by atoms with van der Waals surface area (Å²) >= 11 is 4.23. The molecule has 1 heterocycles. The number of nitrogens with zero attached hydrogens (tertiary/aromatic N) is 1. The molecule has 1 aromatic rings. The fraction of sp³-hybridized carbons (Fsp3) is 0.385. The molecule has 1 aromatic carbocycles. The third-order valence-corrected chi connectivity index (χ3v) is 3.49. The highest BCUT2D eigenvalue weighted by Crippen LogP contribution is 2.31. The molecule has 19 heavy (non-hydrogen) atoms. The molecule has 1 aliphatic heterocycles. The Morgan fingerprint density at radius 3 is 2.74 bits per heavy atom. The van der Waals surface area contributed by atoms with Gasteiger partial charge in [-0.25, -0.2) is 4.39 Å². The van der Waals surface area contributed by atoms with Crippen LogP contribution in [0.5, 0.6) is 0 Å². The van der Waals surface area contributed by atoms with Gasteiger partial charge >= 0.3 is 5.97 Å². The van der Waals surface area contributed by atoms with E-state index in [2.05, 4.69) is 12.6 Å². The summed E-state index contributed by atoms with van der Waals surface area (Å²) in [4.78, 5) is 24.2. The minimum atomic E-state index is -1.07. The van der Waals surface area contributed by atoms with E-state index in [1.165, 1.54) is 23.1 Å². The highest BCUT2D eigenvalue weighted by Gasteiger charge is 2.35. The van der Waals surface area contributed by atoms with Crippen LogP contribution in [0.3, 0.4) is 0 Å². The van der Waals surface area contributed by atoms with Crippen molar-refractivity contribution in [2.24, 2.45) is 0 Å². The predicted octanol–water partition coefficient (Wildman–Crippen LogP) is 1.87. The number of carbonyl (C=O) groups is 2. The average molecular weight is 283 g/mol. The second kappa shape index (κ2) is 5.61. The fourth-order valence-corrected chi connectivity index (χ4v) is 2.64. The number of benzene rings is 1. The topological polar surface area (TPSA) is 57.6 Å². The molecule has 102 valence electrons. The van der Waals surface area contributed by atoms with E-state index in [4.69, 9.17) is 5.11 Å². The van der Waals surface area contributed by atoms with E-state index in [9.17, 15) is 14.0 Å². The van der Waals surface area contributed by atoms with E-state index in [-0.39, 0.29) is 29.6 Å². The van der Waals surface area contributed by atoms with E-state index in [0.29, 0.717) is 6.54 Å². The van der Waals surface area contributed by atoms with Crippen LogP contribution in [0.4, 0.5) is 4.39 Å². The van der Waals surface area contributed by atoms with Gasteiger partial charge in [0.25, 0.3) is 0 Å². The Hall–Kier alpha value is -1.56. The van der Waals surface area contributed by atoms with Crippen molar-refractivity contribution >= 4 is 24.5 Å². The molecule has 0 aromatic heterocycles. The SMILES string of the molecule is O=C(O)CC(c1ccccc1F)N1CC(S)CC1=O. The number of likely N-dealkylation sites (tertiary alicyclic amines) is 1. The first-order valence-corrected chi connectivity index (χ1v) is 6.44. The Morgan fingerprint density at radius 2 is 2.21 bits per heavy atom. The van der Waals surface area contributed by atoms with Gasteiger partial charge in [0.15, 0.2) is 0 Å². The molecule has 6 heteroatoms. The molecule has 0 saturated carbocycles. The van der Waals surface area contributed by atoms with Gasteiger partial charge in [-0.1, -0.05) is 18.2 Å². The van der Waals surface area contributed by atoms with Crippen LogP contribution < -0.4 is 0 Å². The first kappa shape index (κ1) is 13.9. The Labute approximate surface area is 115 Å². The number of hydrogen-bond donors (Lipinski definition) is 2. The number of rotatable bonds is 4. The number of hydrogen-bond acceptors (Lipinski definition) is 3. The van der Waals surface area contributed by atoms with Crippen molar-refractivity contribution in [3.63, 3.8) is 0 Å². The molecule has 0 spiro atoms. The van der Waals surface area contributed by atoms with Gasteiger partial charge in [-0.2, -0.15) is 12.6 Å². The third-order valence-electron chi connectivity index (χ3n) is 3.15. The van der Waals surface area contributed by atoms with Gasteiger partial charge in [0.2, 0.25) is 5.91 Å². The number of thiol groups is 1. The van der Waals surface area contributed by atoms with Crippen molar-refractivity contribution in [3.05, 3.63) is 35.6 Å². The lowest BCUT2D eigenvalue weighted by Crippen LogP contribution is -2.32. The summed E-state index contributed by atoms with van der Waals surface area (Å²) in [5.74, 6) is -1.75. The van der Waals surface area contributed by atoms with Crippen molar-refractivity contribution < 1.29 is 19.1 Å². The largest absolute Gasteiger partial charge is 0.481 e. The standard InChI is InChI=1S/C13H14FNO3S/c14-10-4-2-1-3-9(10)11(6-13(17)18)15-7-8(19)5-12(15)16/h1-4,8,11,19H,5-7H2,(H,17,18). The lowest BCUT2D eigenvalue weighted by Gasteiger charge is -2.27. The number of carboxylic acids is 1. The van der Waals surface area contributed by atoms with Crippen LogP contribution >= 0.6 is 12.6 Å². The number of aliphatic carboxylic acids is 1. The quantitative estimate of drug-likeness (QED) is 0.829. The number of carbonyl (C=O) groups excluding carboxylic acids is 1. The molecule has 2 atom stereocenters. The van der Waals surface area contributed by atoms with Crippen molar-refractivity contribution in [1.82, 2.24) is 4.90 Å². The van der Waals surface area contributed by atoms with Gasteiger partial charge in [0.05, 0.1) is 12.5 Å². The van der Waals surface area contributed by atoms with Crippen LogP contribution in [0, 0.1) is 5.82 Å². The summed E-state index contributed by atoms with van der Waals surface area (Å²) in [7, 11) is 0. The second-order valence-corrected chi connectivity index (χ2v) is 5.27. The molecule has 0 aliphatic carbocycles. The molecule has 2 rings (SSSR count). The van der Waals surface area contributed by atoms with Gasteiger partial charge in [0, 0.05) is 23.8 Å². The zero-order valence-corrected chi connectivity index (χ0v) is 11.0. The molecule has 1 saturated heterocycles. The van der Waals surface area contributed by atoms with Gasteiger partial charge in [0.1, 0.15) is 5.82 Å². The Morgan fingerprint density at radius 1 is 1.53 bits per heavy atom. The molecule has 4 nitrogen and oxygen atoms in total. The number of halogens is 1. The van der Waals surface area contributed by atoms with E-state index in [0.717, 1.165) is 0 Å². The molecule has 1 N–H and O–H groups in total. The molecule has 1 amide bonds. The first-order valence-electron chi connectivity index (χ1n) is 5.92. The van der Waals surface area contributed by atoms with Crippen molar-refractivity contribution in [1.29, 1.82) is 0 Å². The van der Waals surface area contributed by atoms with Gasteiger partial charge in [-0.05, 0) is 6.07 Å². The number of carboxylic acid groups (broad SMARTS) is 1. The molecular weight excluding hydrogens is 269 g/mol. The third kappa shape index (κ3) is 3.07. The molecule has 0 bridgehead atoms. The van der Waals surface area contributed by atoms with Crippen molar-refractivity contribution in [2.45, 2.75) is 24.1 Å². The zero-order chi connectivity index (χ0) is 14.0. The van der Waals surface area contributed by atoms with Crippen LogP contribution in [0.25, 0.3) is 0 Å². The summed E-state index contributed by atoms with van der Waals surface area (Å²) in [5.41, 5.74) is 0.237. The van der Waals surface area contributed by atoms with E-state index >= 15 is 0 Å². The maximum Gasteiger partial charge on any atom is 0.305 e. The highest BCUT2D eigenvalue weighted by molar-refractivity contribution is 7.81. The Balaban J connectivity index is 2.34. The maximum absolute atomic E-state index is 13.8. The van der Waals surface area contributed by atoms with Gasteiger partial charge < -0.3 is 10.0 Å². The summed E-state index contributed by atoms with van der Waals surface area (Å²) < 4.78 is 13.8. The van der Waals surface area contributed by atoms with Gasteiger partial charge in [-0.3, -0.25) is 9.59 Å². The van der Waals surface area contributed by atoms with Crippen LogP contribution in [0.1, 0.15) is 24.4 Å². The normalized spacial score (nSPS) is 20.6. The summed E-state index contributed by atoms with van der Waals surface area (Å²) in [6.45, 7) is 0.341. The lowest BCUT2D eigenvalue weighted by atomic mass is 10.0. The van der Waals surface area contributed by atoms with Crippen LogP contribution in [0.2, 0.25) is 0 Å². The Bertz CT molecular complexity index is 508.